The molecular weight excluding hydrogens is 547 g/mol. The molecule has 6 rings (SSSR count). The van der Waals surface area contributed by atoms with Gasteiger partial charge in [-0.3, -0.25) is 4.90 Å². The van der Waals surface area contributed by atoms with E-state index in [1.165, 1.54) is 22.3 Å². The highest BCUT2D eigenvalue weighted by atomic mass is 32.1. The Morgan fingerprint density at radius 2 is 1.98 bits per heavy atom. The first-order valence-electron chi connectivity index (χ1n) is 13.0. The van der Waals surface area contributed by atoms with E-state index < -0.39 is 18.0 Å². The van der Waals surface area contributed by atoms with Crippen LogP contribution in [0.2, 0.25) is 0 Å². The molecule has 1 fully saturated rings. The Hall–Kier alpha value is -4.62. The van der Waals surface area contributed by atoms with Crippen LogP contribution in [0.3, 0.4) is 0 Å². The average molecular weight is 575 g/mol. The fourth-order valence-corrected chi connectivity index (χ4v) is 5.63. The Balaban J connectivity index is 1.04. The molecule has 1 amide bonds. The molecule has 210 valence electrons. The van der Waals surface area contributed by atoms with E-state index in [0.717, 1.165) is 26.8 Å². The van der Waals surface area contributed by atoms with Crippen molar-refractivity contribution in [2.24, 2.45) is 0 Å². The van der Waals surface area contributed by atoms with Crippen LogP contribution in [0.15, 0.2) is 73.2 Å². The summed E-state index contributed by atoms with van der Waals surface area (Å²) in [5.74, 6) is 0.412. The van der Waals surface area contributed by atoms with E-state index in [1.54, 1.807) is 42.5 Å². The van der Waals surface area contributed by atoms with Crippen LogP contribution < -0.4 is 15.0 Å². The summed E-state index contributed by atoms with van der Waals surface area (Å²) < 4.78 is 29.3. The molecule has 3 aromatic heterocycles. The molecule has 1 N–H and O–H groups in total. The van der Waals surface area contributed by atoms with Gasteiger partial charge < -0.3 is 14.8 Å². The lowest BCUT2D eigenvalue weighted by atomic mass is 10.1. The standard InChI is InChI=1S/C28H27FN8O3S/c1-39-22-5-2-19(3-6-22)16-37-21(14-32-34-37)13-30-15-24-7-9-27(41-24)25-8-4-20(12-26(25)29)36-18-23(40-28(36)38)17-35-11-10-31-33-35/h2-12,14,23,30H,13,15-18H2,1H3/t23-/m0/s1. The number of hydrogen-bond donors (Lipinski definition) is 1. The van der Waals surface area contributed by atoms with Gasteiger partial charge in [0.2, 0.25) is 0 Å². The third-order valence-electron chi connectivity index (χ3n) is 6.72. The largest absolute Gasteiger partial charge is 0.497 e. The first-order valence-corrected chi connectivity index (χ1v) is 13.8. The minimum absolute atomic E-state index is 0.306. The van der Waals surface area contributed by atoms with Gasteiger partial charge in [-0.1, -0.05) is 22.6 Å². The number of nitrogens with zero attached hydrogens (tertiary/aromatic N) is 7. The number of thiophene rings is 1. The zero-order valence-electron chi connectivity index (χ0n) is 22.2. The quantitative estimate of drug-likeness (QED) is 0.251. The van der Waals surface area contributed by atoms with Crippen molar-refractivity contribution in [3.63, 3.8) is 0 Å². The molecule has 0 spiro atoms. The molecule has 11 nitrogen and oxygen atoms in total. The fourth-order valence-electron chi connectivity index (χ4n) is 4.62. The first-order chi connectivity index (χ1) is 20.1. The van der Waals surface area contributed by atoms with Crippen molar-refractivity contribution in [1.82, 2.24) is 35.3 Å². The summed E-state index contributed by atoms with van der Waals surface area (Å²) in [6.07, 6.45) is 4.11. The van der Waals surface area contributed by atoms with Gasteiger partial charge in [0.1, 0.15) is 17.7 Å². The number of halogens is 1. The molecule has 0 unspecified atom stereocenters. The van der Waals surface area contributed by atoms with Crippen molar-refractivity contribution >= 4 is 23.1 Å². The zero-order valence-corrected chi connectivity index (χ0v) is 23.0. The number of hydrogen-bond acceptors (Lipinski definition) is 9. The predicted molar refractivity (Wildman–Crippen MR) is 150 cm³/mol. The number of carbonyl (C=O) groups is 1. The number of cyclic esters (lactones) is 1. The third-order valence-corrected chi connectivity index (χ3v) is 7.84. The highest BCUT2D eigenvalue weighted by Gasteiger charge is 2.33. The van der Waals surface area contributed by atoms with E-state index in [2.05, 4.69) is 25.9 Å². The smallest absolute Gasteiger partial charge is 0.414 e. The van der Waals surface area contributed by atoms with Crippen molar-refractivity contribution in [2.75, 3.05) is 18.6 Å². The van der Waals surface area contributed by atoms with Gasteiger partial charge in [-0.05, 0) is 48.0 Å². The second-order valence-electron chi connectivity index (χ2n) is 9.51. The van der Waals surface area contributed by atoms with Crippen LogP contribution in [-0.2, 0) is 30.9 Å². The summed E-state index contributed by atoms with van der Waals surface area (Å²) >= 11 is 1.52. The van der Waals surface area contributed by atoms with Crippen LogP contribution in [0, 0.1) is 5.82 Å². The summed E-state index contributed by atoms with van der Waals surface area (Å²) in [5.41, 5.74) is 3.00. The van der Waals surface area contributed by atoms with Crippen LogP contribution >= 0.6 is 11.3 Å². The summed E-state index contributed by atoms with van der Waals surface area (Å²) in [4.78, 5) is 15.7. The fraction of sp³-hybridized carbons (Fsp3) is 0.250. The molecular formula is C28H27FN8O3S. The van der Waals surface area contributed by atoms with E-state index >= 15 is 4.39 Å². The van der Waals surface area contributed by atoms with E-state index in [9.17, 15) is 4.79 Å². The molecule has 2 aromatic carbocycles. The second-order valence-corrected chi connectivity index (χ2v) is 10.7. The third kappa shape index (κ3) is 6.10. The molecule has 1 saturated heterocycles. The van der Waals surface area contributed by atoms with E-state index in [-0.39, 0.29) is 0 Å². The molecule has 1 atom stereocenters. The Kier molecular flexibility index (Phi) is 7.69. The molecule has 13 heteroatoms. The van der Waals surface area contributed by atoms with Crippen LogP contribution in [0.1, 0.15) is 16.1 Å². The monoisotopic (exact) mass is 574 g/mol. The summed E-state index contributed by atoms with van der Waals surface area (Å²) in [7, 11) is 1.64. The molecule has 0 bridgehead atoms. The van der Waals surface area contributed by atoms with Crippen LogP contribution in [-0.4, -0.2) is 55.8 Å². The van der Waals surface area contributed by atoms with Gasteiger partial charge in [-0.25, -0.2) is 18.5 Å². The van der Waals surface area contributed by atoms with Crippen molar-refractivity contribution in [2.45, 2.75) is 32.3 Å². The van der Waals surface area contributed by atoms with Crippen LogP contribution in [0.5, 0.6) is 5.75 Å². The maximum atomic E-state index is 15.2. The highest BCUT2D eigenvalue weighted by Crippen LogP contribution is 2.33. The van der Waals surface area contributed by atoms with Crippen LogP contribution in [0.25, 0.3) is 10.4 Å². The van der Waals surface area contributed by atoms with Crippen LogP contribution in [0.4, 0.5) is 14.9 Å². The van der Waals surface area contributed by atoms with Gasteiger partial charge in [-0.15, -0.1) is 21.5 Å². The van der Waals surface area contributed by atoms with Gasteiger partial charge in [-0.2, -0.15) is 0 Å². The molecule has 1 aliphatic rings. The van der Waals surface area contributed by atoms with E-state index in [4.69, 9.17) is 9.47 Å². The van der Waals surface area contributed by atoms with Crippen molar-refractivity contribution in [3.05, 3.63) is 95.1 Å². The van der Waals surface area contributed by atoms with Crippen molar-refractivity contribution in [1.29, 1.82) is 0 Å². The average Bonchev–Trinajstić information content (AvgIpc) is 3.79. The lowest BCUT2D eigenvalue weighted by molar-refractivity contribution is 0.129. The lowest BCUT2D eigenvalue weighted by Gasteiger charge is -2.14. The summed E-state index contributed by atoms with van der Waals surface area (Å²) in [5, 5.41) is 19.4. The highest BCUT2D eigenvalue weighted by molar-refractivity contribution is 7.15. The molecule has 1 aliphatic heterocycles. The normalized spacial score (nSPS) is 14.9. The molecule has 5 aromatic rings. The molecule has 41 heavy (non-hydrogen) atoms. The number of rotatable bonds is 11. The van der Waals surface area contributed by atoms with Gasteiger partial charge in [0.25, 0.3) is 0 Å². The number of anilines is 1. The van der Waals surface area contributed by atoms with Gasteiger partial charge >= 0.3 is 6.09 Å². The Morgan fingerprint density at radius 3 is 2.76 bits per heavy atom. The van der Waals surface area contributed by atoms with Gasteiger partial charge in [0.15, 0.2) is 0 Å². The SMILES string of the molecule is COc1ccc(Cn2nncc2CNCc2ccc(-c3ccc(N4C[C@H](Cn5ccnn5)OC4=O)cc3F)s2)cc1. The molecule has 0 saturated carbocycles. The maximum Gasteiger partial charge on any atom is 0.414 e. The van der Waals surface area contributed by atoms with Crippen molar-refractivity contribution < 1.29 is 18.7 Å². The van der Waals surface area contributed by atoms with Gasteiger partial charge in [0.05, 0.1) is 50.5 Å². The minimum Gasteiger partial charge on any atom is -0.497 e. The zero-order chi connectivity index (χ0) is 28.2. The predicted octanol–water partition coefficient (Wildman–Crippen LogP) is 4.11. The Bertz CT molecular complexity index is 1620. The first kappa shape index (κ1) is 26.6. The summed E-state index contributed by atoms with van der Waals surface area (Å²) in [6, 6.07) is 16.6. The molecule has 0 radical (unpaired) electrons. The number of benzene rings is 2. The number of ether oxygens (including phenoxy) is 2. The lowest BCUT2D eigenvalue weighted by Crippen LogP contribution is -2.26. The molecule has 4 heterocycles. The Morgan fingerprint density at radius 1 is 1.10 bits per heavy atom. The second kappa shape index (κ2) is 11.9. The van der Waals surface area contributed by atoms with E-state index in [1.807, 2.05) is 41.1 Å². The molecule has 0 aliphatic carbocycles. The van der Waals surface area contributed by atoms with E-state index in [0.29, 0.717) is 44.0 Å². The number of aromatic nitrogens is 6. The number of methoxy groups -OCH3 is 1. The number of carbonyl (C=O) groups excluding carboxylic acids is 1. The Labute approximate surface area is 239 Å². The minimum atomic E-state index is -0.507. The maximum absolute atomic E-state index is 15.2. The van der Waals surface area contributed by atoms with Crippen molar-refractivity contribution in [3.8, 4) is 16.2 Å². The number of nitrogens with one attached hydrogen (secondary N) is 1. The summed E-state index contributed by atoms with van der Waals surface area (Å²) in [6.45, 7) is 2.50. The number of amides is 1. The topological polar surface area (TPSA) is 112 Å². The van der Waals surface area contributed by atoms with Gasteiger partial charge in [0, 0.05) is 34.6 Å².